The number of hydrogen-bond acceptors (Lipinski definition) is 10. The van der Waals surface area contributed by atoms with Crippen LogP contribution in [0.25, 0.3) is 0 Å². The number of allylic oxidation sites excluding steroid dienone is 3. The zero-order valence-electron chi connectivity index (χ0n) is 21.7. The molecule has 0 radical (unpaired) electrons. The zero-order valence-corrected chi connectivity index (χ0v) is 21.7. The first kappa shape index (κ1) is 24.6. The van der Waals surface area contributed by atoms with Gasteiger partial charge in [0.05, 0.1) is 29.3 Å². The minimum Gasteiger partial charge on any atom is -0.458 e. The summed E-state index contributed by atoms with van der Waals surface area (Å²) >= 11 is 0. The fraction of sp³-hybridized carbons (Fsp3) is 0.714. The van der Waals surface area contributed by atoms with E-state index in [4.69, 9.17) is 14.2 Å². The maximum Gasteiger partial charge on any atom is 0.342 e. The number of ether oxygens (including phenoxy) is 3. The smallest absolute Gasteiger partial charge is 0.342 e. The lowest BCUT2D eigenvalue weighted by atomic mass is 9.46. The largest absolute Gasteiger partial charge is 0.458 e. The molecule has 1 saturated carbocycles. The summed E-state index contributed by atoms with van der Waals surface area (Å²) < 4.78 is 18.0. The molecule has 10 nitrogen and oxygen atoms in total. The molecule has 0 amide bonds. The van der Waals surface area contributed by atoms with Gasteiger partial charge < -0.3 is 29.5 Å². The van der Waals surface area contributed by atoms with Crippen molar-refractivity contribution in [2.24, 2.45) is 34.5 Å². The molecule has 7 rings (SSSR count). The highest BCUT2D eigenvalue weighted by atomic mass is 16.7. The van der Waals surface area contributed by atoms with E-state index in [-0.39, 0.29) is 31.5 Å². The third-order valence-corrected chi connectivity index (χ3v) is 11.8. The molecule has 38 heavy (non-hydrogen) atoms. The SMILES string of the molecule is C[C@@H]1C(=O)O[C@@H]2C[C@@]1(C)[C@@H]1C(=O)[C@@]3(O)O[C@]14[C@@]2(C)OC(=O)[C@@]4(O)CC[C@H]1[C@H]3[C@H](O)C=C2C=CCC(=O)[C@@]21C. The molecule has 4 aliphatic heterocycles. The van der Waals surface area contributed by atoms with E-state index in [1.807, 2.05) is 0 Å². The van der Waals surface area contributed by atoms with E-state index in [9.17, 15) is 34.5 Å². The van der Waals surface area contributed by atoms with Gasteiger partial charge in [-0.3, -0.25) is 14.4 Å². The van der Waals surface area contributed by atoms with Gasteiger partial charge in [0.15, 0.2) is 22.6 Å². The maximum atomic E-state index is 14.6. The van der Waals surface area contributed by atoms with Crippen molar-refractivity contribution in [1.82, 2.24) is 0 Å². The van der Waals surface area contributed by atoms with Crippen LogP contribution in [0.5, 0.6) is 0 Å². The predicted octanol–water partition coefficient (Wildman–Crippen LogP) is 0.510. The van der Waals surface area contributed by atoms with E-state index >= 15 is 0 Å². The topological polar surface area (TPSA) is 157 Å². The summed E-state index contributed by atoms with van der Waals surface area (Å²) in [5, 5.41) is 36.1. The van der Waals surface area contributed by atoms with Crippen LogP contribution < -0.4 is 0 Å². The summed E-state index contributed by atoms with van der Waals surface area (Å²) in [5.41, 5.74) is -8.02. The molecule has 1 spiro atoms. The molecule has 10 heteroatoms. The molecule has 12 atom stereocenters. The van der Waals surface area contributed by atoms with Gasteiger partial charge in [-0.05, 0) is 50.0 Å². The fourth-order valence-electron chi connectivity index (χ4n) is 9.48. The van der Waals surface area contributed by atoms with Crippen LogP contribution in [-0.4, -0.2) is 73.6 Å². The quantitative estimate of drug-likeness (QED) is 0.379. The lowest BCUT2D eigenvalue weighted by Crippen LogP contribution is -2.78. The summed E-state index contributed by atoms with van der Waals surface area (Å²) in [6.07, 6.45) is 2.64. The second-order valence-corrected chi connectivity index (χ2v) is 13.1. The van der Waals surface area contributed by atoms with Gasteiger partial charge in [-0.1, -0.05) is 32.1 Å². The van der Waals surface area contributed by atoms with Crippen LogP contribution in [-0.2, 0) is 33.4 Å². The molecule has 5 fully saturated rings. The Balaban J connectivity index is 1.52. The maximum absolute atomic E-state index is 14.6. The predicted molar refractivity (Wildman–Crippen MR) is 126 cm³/mol. The standard InChI is InChI=1S/C28H32O10/c1-12-21(32)36-17-11-23(12,2)19-20(31)27(35)18-14(24(3)13(10-15(18)29)6-5-7-16(24)30)8-9-26(34)22(33)37-25(17,4)28(19,26)38-27/h5-6,10,12,14-15,17-19,29,34-35H,7-9,11H2,1-4H3/t12-,14+,15-,17-,18+,19+,23-,24+,25+,26+,27+,28+/m1/s1. The highest BCUT2D eigenvalue weighted by molar-refractivity contribution is 5.99. The van der Waals surface area contributed by atoms with E-state index in [0.29, 0.717) is 5.57 Å². The molecule has 4 saturated heterocycles. The summed E-state index contributed by atoms with van der Waals surface area (Å²) in [6, 6.07) is 0. The molecular weight excluding hydrogens is 496 g/mol. The Labute approximate surface area is 219 Å². The number of aliphatic hydroxyl groups excluding tert-OH is 1. The Hall–Kier alpha value is -2.40. The first-order valence-electron chi connectivity index (χ1n) is 13.4. The molecule has 0 aromatic heterocycles. The summed E-state index contributed by atoms with van der Waals surface area (Å²) in [5.74, 6) is -9.49. The van der Waals surface area contributed by atoms with Crippen molar-refractivity contribution >= 4 is 23.5 Å². The average Bonchev–Trinajstić information content (AvgIpc) is 3.19. The number of ketones is 2. The normalized spacial score (nSPS) is 58.1. The number of carbonyl (C=O) groups excluding carboxylic acids is 4. The molecule has 3 aliphatic carbocycles. The molecule has 3 N–H and O–H groups in total. The van der Waals surface area contributed by atoms with Crippen molar-refractivity contribution in [3.8, 4) is 0 Å². The molecule has 4 heterocycles. The number of Topliss-reactive ketones (excluding diaryl/α,β-unsaturated/α-hetero) is 2. The summed E-state index contributed by atoms with van der Waals surface area (Å²) in [6.45, 7) is 6.53. The van der Waals surface area contributed by atoms with Gasteiger partial charge in [-0.25, -0.2) is 4.79 Å². The first-order valence-corrected chi connectivity index (χ1v) is 13.4. The van der Waals surface area contributed by atoms with E-state index in [1.54, 1.807) is 32.9 Å². The van der Waals surface area contributed by atoms with Crippen LogP contribution in [0, 0.1) is 34.5 Å². The highest BCUT2D eigenvalue weighted by Crippen LogP contribution is 2.73. The third kappa shape index (κ3) is 2.19. The van der Waals surface area contributed by atoms with E-state index in [0.717, 1.165) is 0 Å². The number of esters is 2. The van der Waals surface area contributed by atoms with Crippen LogP contribution in [0.1, 0.15) is 53.4 Å². The van der Waals surface area contributed by atoms with Crippen molar-refractivity contribution in [3.63, 3.8) is 0 Å². The van der Waals surface area contributed by atoms with E-state index < -0.39 is 87.0 Å². The molecule has 0 unspecified atom stereocenters. The van der Waals surface area contributed by atoms with Gasteiger partial charge in [-0.15, -0.1) is 0 Å². The Kier molecular flexibility index (Phi) is 4.31. The van der Waals surface area contributed by atoms with Gasteiger partial charge in [-0.2, -0.15) is 0 Å². The average molecular weight is 529 g/mol. The minimum absolute atomic E-state index is 0.0287. The number of hydrogen-bond donors (Lipinski definition) is 3. The Bertz CT molecular complexity index is 1300. The lowest BCUT2D eigenvalue weighted by Gasteiger charge is -2.61. The molecular formula is C28H32O10. The van der Waals surface area contributed by atoms with Gasteiger partial charge >= 0.3 is 11.9 Å². The second-order valence-electron chi connectivity index (χ2n) is 13.1. The Morgan fingerprint density at radius 1 is 1.08 bits per heavy atom. The van der Waals surface area contributed by atoms with E-state index in [2.05, 4.69) is 0 Å². The van der Waals surface area contributed by atoms with Crippen LogP contribution in [0.15, 0.2) is 23.8 Å². The van der Waals surface area contributed by atoms with Gasteiger partial charge in [0.1, 0.15) is 11.9 Å². The highest BCUT2D eigenvalue weighted by Gasteiger charge is 2.92. The number of fused-ring (bicyclic) bond motifs is 9. The number of rotatable bonds is 0. The molecule has 0 aromatic rings. The molecule has 4 bridgehead atoms. The van der Waals surface area contributed by atoms with Gasteiger partial charge in [0, 0.05) is 6.42 Å². The Morgan fingerprint density at radius 3 is 2.50 bits per heavy atom. The van der Waals surface area contributed by atoms with Gasteiger partial charge in [0.25, 0.3) is 0 Å². The lowest BCUT2D eigenvalue weighted by molar-refractivity contribution is -0.350. The van der Waals surface area contributed by atoms with Crippen molar-refractivity contribution in [3.05, 3.63) is 23.8 Å². The summed E-state index contributed by atoms with van der Waals surface area (Å²) in [4.78, 5) is 54.6. The van der Waals surface area contributed by atoms with Crippen LogP contribution in [0.3, 0.4) is 0 Å². The zero-order chi connectivity index (χ0) is 27.4. The van der Waals surface area contributed by atoms with Crippen LogP contribution >= 0.6 is 0 Å². The van der Waals surface area contributed by atoms with Crippen LogP contribution in [0.4, 0.5) is 0 Å². The minimum atomic E-state index is -2.67. The van der Waals surface area contributed by atoms with Crippen molar-refractivity contribution < 1.29 is 48.7 Å². The van der Waals surface area contributed by atoms with Crippen molar-refractivity contribution in [1.29, 1.82) is 0 Å². The monoisotopic (exact) mass is 528 g/mol. The molecule has 0 aromatic carbocycles. The number of aliphatic hydroxyl groups is 3. The van der Waals surface area contributed by atoms with Gasteiger partial charge in [0.2, 0.25) is 5.79 Å². The van der Waals surface area contributed by atoms with Crippen molar-refractivity contribution in [2.75, 3.05) is 0 Å². The van der Waals surface area contributed by atoms with Crippen LogP contribution in [0.2, 0.25) is 0 Å². The number of carbonyl (C=O) groups is 4. The Morgan fingerprint density at radius 2 is 1.79 bits per heavy atom. The first-order chi connectivity index (χ1) is 17.6. The van der Waals surface area contributed by atoms with E-state index in [1.165, 1.54) is 13.0 Å². The third-order valence-electron chi connectivity index (χ3n) is 11.8. The second kappa shape index (κ2) is 6.66. The summed E-state index contributed by atoms with van der Waals surface area (Å²) in [7, 11) is 0. The molecule has 7 aliphatic rings. The fourth-order valence-corrected chi connectivity index (χ4v) is 9.48. The van der Waals surface area contributed by atoms with Crippen molar-refractivity contribution in [2.45, 2.75) is 88.2 Å². The molecule has 204 valence electrons.